The highest BCUT2D eigenvalue weighted by Crippen LogP contribution is 2.29. The summed E-state index contributed by atoms with van der Waals surface area (Å²) < 4.78 is 0. The molecule has 0 aromatic carbocycles. The van der Waals surface area contributed by atoms with E-state index in [2.05, 4.69) is 11.1 Å². The van der Waals surface area contributed by atoms with Gasteiger partial charge in [0.25, 0.3) is 0 Å². The quantitative estimate of drug-likeness (QED) is 0.884. The van der Waals surface area contributed by atoms with Gasteiger partial charge in [-0.1, -0.05) is 12.8 Å². The minimum Gasteiger partial charge on any atom is -0.383 e. The molecule has 2 heterocycles. The number of nitriles is 3. The van der Waals surface area contributed by atoms with Crippen molar-refractivity contribution in [1.82, 2.24) is 4.98 Å². The van der Waals surface area contributed by atoms with E-state index in [4.69, 9.17) is 11.0 Å². The molecule has 0 saturated carbocycles. The van der Waals surface area contributed by atoms with Crippen LogP contribution in [0.4, 0.5) is 11.6 Å². The molecular formula is C15H16N6. The van der Waals surface area contributed by atoms with Crippen LogP contribution in [0.2, 0.25) is 0 Å². The summed E-state index contributed by atoms with van der Waals surface area (Å²) in [5.41, 5.74) is 6.71. The van der Waals surface area contributed by atoms with Crippen molar-refractivity contribution in [2.24, 2.45) is 0 Å². The molecule has 0 amide bonds. The average Bonchev–Trinajstić information content (AvgIpc) is 2.76. The van der Waals surface area contributed by atoms with Crippen molar-refractivity contribution in [3.8, 4) is 18.2 Å². The van der Waals surface area contributed by atoms with Crippen molar-refractivity contribution in [3.63, 3.8) is 0 Å². The van der Waals surface area contributed by atoms with Crippen LogP contribution in [0.3, 0.4) is 0 Å². The molecule has 6 heteroatoms. The fraction of sp³-hybridized carbons (Fsp3) is 0.467. The van der Waals surface area contributed by atoms with Crippen LogP contribution in [0.1, 0.15) is 42.4 Å². The summed E-state index contributed by atoms with van der Waals surface area (Å²) in [4.78, 5) is 6.32. The van der Waals surface area contributed by atoms with Crippen LogP contribution >= 0.6 is 0 Å². The fourth-order valence-electron chi connectivity index (χ4n) is 2.65. The van der Waals surface area contributed by atoms with Crippen LogP contribution in [0.15, 0.2) is 0 Å². The molecule has 1 aromatic heterocycles. The second-order valence-electron chi connectivity index (χ2n) is 5.01. The molecule has 0 aliphatic carbocycles. The normalized spacial score (nSPS) is 14.6. The molecular weight excluding hydrogens is 264 g/mol. The van der Waals surface area contributed by atoms with Crippen LogP contribution in [0, 0.1) is 34.0 Å². The standard InChI is InChI=1S/C15H16N6/c16-6-5-11-12(9-17)14(19)20-15(13(11)10-18)21-7-3-1-2-4-8-21/h1-5,7-8H2,(H2,19,20). The zero-order chi connectivity index (χ0) is 15.2. The van der Waals surface area contributed by atoms with Gasteiger partial charge in [0.15, 0.2) is 0 Å². The molecule has 2 rings (SSSR count). The Morgan fingerprint density at radius 2 is 1.62 bits per heavy atom. The number of pyridine rings is 1. The van der Waals surface area contributed by atoms with Gasteiger partial charge in [0, 0.05) is 18.7 Å². The van der Waals surface area contributed by atoms with Crippen LogP contribution in [0.25, 0.3) is 0 Å². The SMILES string of the molecule is N#CCc1c(C#N)c(N)nc(N2CCCCCC2)c1C#N. The van der Waals surface area contributed by atoms with E-state index in [1.165, 1.54) is 0 Å². The highest BCUT2D eigenvalue weighted by Gasteiger charge is 2.22. The van der Waals surface area contributed by atoms with E-state index in [1.807, 2.05) is 17.0 Å². The second kappa shape index (κ2) is 6.59. The third-order valence-corrected chi connectivity index (χ3v) is 3.69. The van der Waals surface area contributed by atoms with Gasteiger partial charge in [0.2, 0.25) is 0 Å². The second-order valence-corrected chi connectivity index (χ2v) is 5.01. The van der Waals surface area contributed by atoms with E-state index < -0.39 is 0 Å². The first-order valence-electron chi connectivity index (χ1n) is 6.97. The smallest absolute Gasteiger partial charge is 0.149 e. The van der Waals surface area contributed by atoms with Gasteiger partial charge in [0.05, 0.1) is 18.1 Å². The van der Waals surface area contributed by atoms with Crippen LogP contribution in [0.5, 0.6) is 0 Å². The van der Waals surface area contributed by atoms with E-state index in [9.17, 15) is 10.5 Å². The minimum atomic E-state index is -0.0145. The van der Waals surface area contributed by atoms with Gasteiger partial charge in [-0.05, 0) is 12.8 Å². The van der Waals surface area contributed by atoms with Crippen molar-refractivity contribution in [3.05, 3.63) is 16.7 Å². The summed E-state index contributed by atoms with van der Waals surface area (Å²) in [7, 11) is 0. The van der Waals surface area contributed by atoms with Crippen molar-refractivity contribution in [1.29, 1.82) is 15.8 Å². The van der Waals surface area contributed by atoms with Gasteiger partial charge >= 0.3 is 0 Å². The molecule has 106 valence electrons. The minimum absolute atomic E-state index is 0.0145. The highest BCUT2D eigenvalue weighted by molar-refractivity contribution is 5.68. The largest absolute Gasteiger partial charge is 0.383 e. The van der Waals surface area contributed by atoms with Gasteiger partial charge in [-0.3, -0.25) is 0 Å². The number of aromatic nitrogens is 1. The number of anilines is 2. The van der Waals surface area contributed by atoms with Crippen molar-refractivity contribution >= 4 is 11.6 Å². The molecule has 1 saturated heterocycles. The molecule has 6 nitrogen and oxygen atoms in total. The summed E-state index contributed by atoms with van der Waals surface area (Å²) in [5.74, 6) is 0.613. The van der Waals surface area contributed by atoms with E-state index in [0.29, 0.717) is 16.9 Å². The van der Waals surface area contributed by atoms with E-state index in [1.54, 1.807) is 0 Å². The Morgan fingerprint density at radius 3 is 2.14 bits per heavy atom. The topological polar surface area (TPSA) is 114 Å². The molecule has 21 heavy (non-hydrogen) atoms. The number of nitrogen functional groups attached to an aromatic ring is 1. The van der Waals surface area contributed by atoms with Gasteiger partial charge in [-0.2, -0.15) is 15.8 Å². The van der Waals surface area contributed by atoms with Crippen molar-refractivity contribution in [2.75, 3.05) is 23.7 Å². The molecule has 0 atom stereocenters. The summed E-state index contributed by atoms with van der Waals surface area (Å²) >= 11 is 0. The van der Waals surface area contributed by atoms with E-state index in [-0.39, 0.29) is 17.8 Å². The first kappa shape index (κ1) is 14.6. The van der Waals surface area contributed by atoms with Gasteiger partial charge in [-0.25, -0.2) is 4.98 Å². The Kier molecular flexibility index (Phi) is 4.59. The number of nitrogens with zero attached hydrogens (tertiary/aromatic N) is 5. The average molecular weight is 280 g/mol. The predicted octanol–water partition coefficient (Wildman–Crippen LogP) is 1.85. The highest BCUT2D eigenvalue weighted by atomic mass is 15.2. The van der Waals surface area contributed by atoms with E-state index in [0.717, 1.165) is 38.8 Å². The molecule has 0 bridgehead atoms. The number of nitrogens with two attached hydrogens (primary N) is 1. The summed E-state index contributed by atoms with van der Waals surface area (Å²) in [5, 5.41) is 27.6. The maximum absolute atomic E-state index is 9.46. The number of rotatable bonds is 2. The van der Waals surface area contributed by atoms with Gasteiger partial charge in [-0.15, -0.1) is 0 Å². The lowest BCUT2D eigenvalue weighted by Gasteiger charge is -2.24. The molecule has 0 unspecified atom stereocenters. The maximum atomic E-state index is 9.46. The summed E-state index contributed by atoms with van der Waals surface area (Å²) in [6.45, 7) is 1.64. The Hall–Kier alpha value is -2.78. The van der Waals surface area contributed by atoms with Crippen LogP contribution in [-0.2, 0) is 6.42 Å². The number of hydrogen-bond donors (Lipinski definition) is 1. The third-order valence-electron chi connectivity index (χ3n) is 3.69. The molecule has 1 aromatic rings. The lowest BCUT2D eigenvalue weighted by atomic mass is 10.0. The van der Waals surface area contributed by atoms with Crippen LogP contribution < -0.4 is 10.6 Å². The summed E-state index contributed by atoms with van der Waals surface area (Å²) in [6.07, 6.45) is 4.39. The van der Waals surface area contributed by atoms with Gasteiger partial charge in [0.1, 0.15) is 29.3 Å². The Labute approximate surface area is 124 Å². The predicted molar refractivity (Wildman–Crippen MR) is 78.1 cm³/mol. The molecule has 1 aliphatic rings. The molecule has 1 fully saturated rings. The fourth-order valence-corrected chi connectivity index (χ4v) is 2.65. The first-order chi connectivity index (χ1) is 10.2. The third kappa shape index (κ3) is 2.88. The zero-order valence-electron chi connectivity index (χ0n) is 11.8. The monoisotopic (exact) mass is 280 g/mol. The van der Waals surface area contributed by atoms with Crippen LogP contribution in [-0.4, -0.2) is 18.1 Å². The van der Waals surface area contributed by atoms with E-state index >= 15 is 0 Å². The molecule has 0 radical (unpaired) electrons. The van der Waals surface area contributed by atoms with Gasteiger partial charge < -0.3 is 10.6 Å². The Morgan fingerprint density at radius 1 is 1.00 bits per heavy atom. The Bertz CT molecular complexity index is 651. The molecule has 2 N–H and O–H groups in total. The lowest BCUT2D eigenvalue weighted by Crippen LogP contribution is -2.27. The van der Waals surface area contributed by atoms with Crippen molar-refractivity contribution in [2.45, 2.75) is 32.1 Å². The van der Waals surface area contributed by atoms with Crippen molar-refractivity contribution < 1.29 is 0 Å². The maximum Gasteiger partial charge on any atom is 0.149 e. The first-order valence-corrected chi connectivity index (χ1v) is 6.97. The Balaban J connectivity index is 2.58. The lowest BCUT2D eigenvalue weighted by molar-refractivity contribution is 0.726. The summed E-state index contributed by atoms with van der Waals surface area (Å²) in [6, 6.07) is 6.06. The molecule has 1 aliphatic heterocycles. The molecule has 0 spiro atoms. The number of hydrogen-bond acceptors (Lipinski definition) is 6. The zero-order valence-corrected chi connectivity index (χ0v) is 11.8.